The Morgan fingerprint density at radius 2 is 1.55 bits per heavy atom. The number of aliphatic hydroxyl groups excluding tert-OH is 3. The standard InChI is InChI=1S/C43H53NO14/c1-22-26(55-37(51)32(48)30(24-15-11-9-12-16-24)44-38(52)58-39(3,4)5)20-43(53)35(56-36(50)25-17-13-10-14-18-25)33-41(8,34(49)31(47)29(22)40(43,6)7)27(46)19-28-42(33,21-54-28)57-23(2)45/h9-18,26-28,30-33,35,46-48,53H,19-21H2,1-8H3,(H,44,52)/t26-,27-,28+,30-,31+,32+,33-,35-,41+,42-,43?/m0/s1. The number of aliphatic hydroxyl groups is 4. The van der Waals surface area contributed by atoms with Crippen molar-refractivity contribution in [2.45, 2.75) is 128 Å². The van der Waals surface area contributed by atoms with Gasteiger partial charge in [-0.25, -0.2) is 14.4 Å². The van der Waals surface area contributed by atoms with E-state index in [0.717, 1.165) is 6.92 Å². The highest BCUT2D eigenvalue weighted by molar-refractivity contribution is 5.94. The number of carbonyl (C=O) groups is 5. The van der Waals surface area contributed by atoms with Crippen LogP contribution in [0.3, 0.4) is 0 Å². The van der Waals surface area contributed by atoms with E-state index in [1.165, 1.54) is 26.0 Å². The zero-order valence-electron chi connectivity index (χ0n) is 33.9. The van der Waals surface area contributed by atoms with Gasteiger partial charge >= 0.3 is 24.0 Å². The Hall–Kier alpha value is -4.67. The van der Waals surface area contributed by atoms with Crippen molar-refractivity contribution in [3.8, 4) is 0 Å². The van der Waals surface area contributed by atoms with Crippen LogP contribution in [0.5, 0.6) is 0 Å². The Morgan fingerprint density at radius 3 is 2.10 bits per heavy atom. The summed E-state index contributed by atoms with van der Waals surface area (Å²) in [5, 5.41) is 51.6. The average Bonchev–Trinajstić information content (AvgIpc) is 3.14. The second-order valence-corrected chi connectivity index (χ2v) is 17.6. The second kappa shape index (κ2) is 15.2. The lowest BCUT2D eigenvalue weighted by molar-refractivity contribution is -0.346. The van der Waals surface area contributed by atoms with Crippen molar-refractivity contribution in [1.82, 2.24) is 5.32 Å². The molecule has 2 aromatic rings. The van der Waals surface area contributed by atoms with Gasteiger partial charge in [0.1, 0.15) is 35.6 Å². The van der Waals surface area contributed by atoms with Crippen LogP contribution in [0.25, 0.3) is 0 Å². The Labute approximate surface area is 336 Å². The van der Waals surface area contributed by atoms with Gasteiger partial charge in [-0.1, -0.05) is 62.4 Å². The molecule has 1 saturated heterocycles. The van der Waals surface area contributed by atoms with Crippen LogP contribution in [0.1, 0.15) is 90.2 Å². The number of Topliss-reactive ketones (excluding diaryl/α,β-unsaturated/α-hetero) is 1. The Bertz CT molecular complexity index is 1980. The number of rotatable bonds is 8. The van der Waals surface area contributed by atoms with Crippen LogP contribution in [-0.2, 0) is 38.1 Å². The minimum Gasteiger partial charge on any atom is -0.456 e. The molecule has 2 bridgehead atoms. The average molecular weight is 808 g/mol. The second-order valence-electron chi connectivity index (χ2n) is 17.6. The van der Waals surface area contributed by atoms with Crippen molar-refractivity contribution in [3.05, 3.63) is 82.9 Å². The lowest BCUT2D eigenvalue weighted by atomic mass is 9.44. The summed E-state index contributed by atoms with van der Waals surface area (Å²) >= 11 is 0. The summed E-state index contributed by atoms with van der Waals surface area (Å²) in [5.41, 5.74) is -8.14. The first kappa shape index (κ1) is 42.9. The van der Waals surface area contributed by atoms with Gasteiger partial charge in [-0.05, 0) is 63.5 Å². The molecule has 1 aliphatic heterocycles. The van der Waals surface area contributed by atoms with Crippen LogP contribution in [-0.4, -0.2) is 110 Å². The van der Waals surface area contributed by atoms with Gasteiger partial charge in [-0.15, -0.1) is 0 Å². The summed E-state index contributed by atoms with van der Waals surface area (Å²) in [7, 11) is 0. The number of ketones is 1. The highest BCUT2D eigenvalue weighted by Crippen LogP contribution is 2.64. The first-order chi connectivity index (χ1) is 27.0. The molecule has 58 heavy (non-hydrogen) atoms. The smallest absolute Gasteiger partial charge is 0.408 e. The highest BCUT2D eigenvalue weighted by Gasteiger charge is 2.78. The molecule has 2 saturated carbocycles. The molecule has 11 atom stereocenters. The van der Waals surface area contributed by atoms with Crippen LogP contribution >= 0.6 is 0 Å². The van der Waals surface area contributed by atoms with Crippen molar-refractivity contribution in [3.63, 3.8) is 0 Å². The normalized spacial score (nSPS) is 33.7. The lowest BCUT2D eigenvalue weighted by Crippen LogP contribution is -2.81. The maximum Gasteiger partial charge on any atom is 0.408 e. The van der Waals surface area contributed by atoms with Gasteiger partial charge in [0, 0.05) is 25.2 Å². The lowest BCUT2D eigenvalue weighted by Gasteiger charge is -2.67. The van der Waals surface area contributed by atoms with Crippen LogP contribution in [0.15, 0.2) is 71.8 Å². The Balaban J connectivity index is 1.49. The molecule has 3 fully saturated rings. The van der Waals surface area contributed by atoms with E-state index >= 15 is 0 Å². The van der Waals surface area contributed by atoms with Crippen LogP contribution < -0.4 is 5.32 Å². The van der Waals surface area contributed by atoms with Crippen molar-refractivity contribution < 1.29 is 68.1 Å². The number of benzene rings is 2. The van der Waals surface area contributed by atoms with Gasteiger partial charge in [0.25, 0.3) is 0 Å². The molecular formula is C43H53NO14. The third kappa shape index (κ3) is 7.10. The highest BCUT2D eigenvalue weighted by atomic mass is 16.6. The summed E-state index contributed by atoms with van der Waals surface area (Å²) in [6, 6.07) is 14.6. The topological polar surface area (TPSA) is 224 Å². The summed E-state index contributed by atoms with van der Waals surface area (Å²) < 4.78 is 29.5. The molecular weight excluding hydrogens is 754 g/mol. The van der Waals surface area contributed by atoms with E-state index < -0.39 is 112 Å². The number of alkyl carbamates (subject to hydrolysis) is 1. The van der Waals surface area contributed by atoms with E-state index in [1.807, 2.05) is 0 Å². The molecule has 3 aliphatic carbocycles. The molecule has 314 valence electrons. The fraction of sp³-hybridized carbons (Fsp3) is 0.558. The van der Waals surface area contributed by atoms with Crippen molar-refractivity contribution in [2.24, 2.45) is 16.7 Å². The van der Waals surface area contributed by atoms with E-state index in [1.54, 1.807) is 83.1 Å². The number of fused-ring (bicyclic) bond motifs is 5. The molecule has 0 aromatic heterocycles. The van der Waals surface area contributed by atoms with Gasteiger partial charge in [0.05, 0.1) is 35.6 Å². The number of amides is 1. The minimum atomic E-state index is -2.35. The predicted octanol–water partition coefficient (Wildman–Crippen LogP) is 3.26. The molecule has 0 radical (unpaired) electrons. The minimum absolute atomic E-state index is 0.0637. The zero-order valence-corrected chi connectivity index (χ0v) is 33.9. The summed E-state index contributed by atoms with van der Waals surface area (Å²) in [6.07, 6.45) is -11.5. The van der Waals surface area contributed by atoms with Crippen LogP contribution in [0, 0.1) is 16.7 Å². The number of hydrogen-bond acceptors (Lipinski definition) is 14. The first-order valence-electron chi connectivity index (χ1n) is 19.3. The maximum atomic E-state index is 14.9. The van der Waals surface area contributed by atoms with Crippen molar-refractivity contribution in [1.29, 1.82) is 0 Å². The van der Waals surface area contributed by atoms with Gasteiger partial charge in [-0.2, -0.15) is 0 Å². The molecule has 1 amide bonds. The quantitative estimate of drug-likeness (QED) is 0.147. The molecule has 1 heterocycles. The number of nitrogens with one attached hydrogen (secondary N) is 1. The monoisotopic (exact) mass is 807 g/mol. The van der Waals surface area contributed by atoms with E-state index in [9.17, 15) is 44.4 Å². The van der Waals surface area contributed by atoms with E-state index in [2.05, 4.69) is 5.32 Å². The van der Waals surface area contributed by atoms with Gasteiger partial charge in [0.15, 0.2) is 17.5 Å². The Kier molecular flexibility index (Phi) is 11.2. The molecule has 2 aromatic carbocycles. The van der Waals surface area contributed by atoms with E-state index in [0.29, 0.717) is 5.56 Å². The predicted molar refractivity (Wildman–Crippen MR) is 204 cm³/mol. The summed E-state index contributed by atoms with van der Waals surface area (Å²) in [4.78, 5) is 68.9. The van der Waals surface area contributed by atoms with Crippen LogP contribution in [0.2, 0.25) is 0 Å². The number of esters is 3. The largest absolute Gasteiger partial charge is 0.456 e. The van der Waals surface area contributed by atoms with E-state index in [-0.39, 0.29) is 29.7 Å². The fourth-order valence-electron chi connectivity index (χ4n) is 9.56. The maximum absolute atomic E-state index is 14.9. The van der Waals surface area contributed by atoms with Crippen LogP contribution in [0.4, 0.5) is 4.79 Å². The Morgan fingerprint density at radius 1 is 0.948 bits per heavy atom. The molecule has 0 spiro atoms. The van der Waals surface area contributed by atoms with Gasteiger partial charge in [0.2, 0.25) is 0 Å². The molecule has 1 unspecified atom stereocenters. The van der Waals surface area contributed by atoms with E-state index in [4.69, 9.17) is 23.7 Å². The van der Waals surface area contributed by atoms with Crippen molar-refractivity contribution >= 4 is 29.8 Å². The fourth-order valence-corrected chi connectivity index (χ4v) is 9.56. The molecule has 15 nitrogen and oxygen atoms in total. The summed E-state index contributed by atoms with van der Waals surface area (Å²) in [5.74, 6) is -5.36. The summed E-state index contributed by atoms with van der Waals surface area (Å²) in [6.45, 7) is 11.8. The first-order valence-corrected chi connectivity index (χ1v) is 19.3. The third-order valence-corrected chi connectivity index (χ3v) is 12.6. The molecule has 4 aliphatic rings. The third-order valence-electron chi connectivity index (χ3n) is 12.6. The molecule has 5 N–H and O–H groups in total. The molecule has 6 rings (SSSR count). The van der Waals surface area contributed by atoms with Crippen molar-refractivity contribution in [2.75, 3.05) is 6.61 Å². The SMILES string of the molecule is CC(=O)O[C@@]12CO[C@@H]1C[C@H](O)[C@@]1(C)C(=O)[C@H](O)C3=C(C)[C@@H](OC(=O)[C@H](O)[C@@H](NC(=O)OC(C)(C)C)c4ccccc4)CC(O)([C@@H](OC(=O)c4ccccc4)[C@H]21)C3(C)C. The molecule has 15 heteroatoms. The number of ether oxygens (including phenoxy) is 5. The van der Waals surface area contributed by atoms with Gasteiger partial charge < -0.3 is 49.4 Å². The number of carbonyl (C=O) groups excluding carboxylic acids is 5. The number of hydrogen-bond donors (Lipinski definition) is 5. The zero-order chi connectivity index (χ0) is 42.7. The van der Waals surface area contributed by atoms with Gasteiger partial charge in [-0.3, -0.25) is 9.59 Å².